The molecule has 0 spiro atoms. The van der Waals surface area contributed by atoms with Gasteiger partial charge in [0.15, 0.2) is 0 Å². The monoisotopic (exact) mass is 737 g/mol. The molecule has 0 amide bonds. The Morgan fingerprint density at radius 2 is 1.13 bits per heavy atom. The Balaban J connectivity index is 1.37. The van der Waals surface area contributed by atoms with E-state index in [9.17, 15) is 0 Å². The van der Waals surface area contributed by atoms with E-state index in [-0.39, 0.29) is 7.25 Å². The second kappa shape index (κ2) is 11.9. The van der Waals surface area contributed by atoms with E-state index in [1.807, 2.05) is 0 Å². The van der Waals surface area contributed by atoms with Crippen LogP contribution in [0.15, 0.2) is 108 Å². The molecule has 4 aliphatic carbocycles. The summed E-state index contributed by atoms with van der Waals surface area (Å²) >= 11 is -4.93. The van der Waals surface area contributed by atoms with Crippen molar-refractivity contribution in [2.45, 2.75) is 71.7 Å². The molecule has 4 aromatic carbocycles. The van der Waals surface area contributed by atoms with Gasteiger partial charge in [0.05, 0.1) is 0 Å². The summed E-state index contributed by atoms with van der Waals surface area (Å²) in [6, 6.07) is 35.8. The molecule has 0 nitrogen and oxygen atoms in total. The van der Waals surface area contributed by atoms with Crippen LogP contribution < -0.4 is 0 Å². The molecule has 235 valence electrons. The molecule has 0 saturated heterocycles. The van der Waals surface area contributed by atoms with E-state index < -0.39 is 21.5 Å². The van der Waals surface area contributed by atoms with Crippen LogP contribution in [0.3, 0.4) is 0 Å². The van der Waals surface area contributed by atoms with Gasteiger partial charge in [-0.3, -0.25) is 0 Å². The van der Waals surface area contributed by atoms with Crippen molar-refractivity contribution in [2.75, 3.05) is 0 Å². The zero-order chi connectivity index (χ0) is 31.7. The molecule has 0 radical (unpaired) electrons. The van der Waals surface area contributed by atoms with Gasteiger partial charge in [0, 0.05) is 0 Å². The Hall–Kier alpha value is -1.96. The fourth-order valence-corrected chi connectivity index (χ4v) is 57.6. The minimum absolute atomic E-state index is 0.153. The summed E-state index contributed by atoms with van der Waals surface area (Å²) in [6.07, 6.45) is 12.6. The van der Waals surface area contributed by atoms with Crippen LogP contribution in [-0.2, 0) is 15.6 Å². The summed E-state index contributed by atoms with van der Waals surface area (Å²) in [5, 5.41) is 0. The molecule has 0 aromatic heterocycles. The van der Waals surface area contributed by atoms with Crippen molar-refractivity contribution < 1.29 is 15.6 Å². The third-order valence-electron chi connectivity index (χ3n) is 12.7. The van der Waals surface area contributed by atoms with Gasteiger partial charge in [0.25, 0.3) is 0 Å². The topological polar surface area (TPSA) is 0 Å². The molecular weight excluding hydrogens is 695 g/mol. The maximum absolute atomic E-state index is 9.03. The summed E-state index contributed by atoms with van der Waals surface area (Å²) in [5.74, 6) is 0.0232. The van der Waals surface area contributed by atoms with E-state index in [1.54, 1.807) is 0 Å². The summed E-state index contributed by atoms with van der Waals surface area (Å²) < 4.78 is 0.307. The molecular formula is C42H45Cl2SiZr. The third-order valence-corrected chi connectivity index (χ3v) is 62.6. The van der Waals surface area contributed by atoms with Crippen molar-refractivity contribution >= 4 is 35.1 Å². The molecule has 6 unspecified atom stereocenters. The van der Waals surface area contributed by atoms with Gasteiger partial charge in [-0.1, -0.05) is 0 Å². The standard InChI is InChI=1S/2C17H15.C8H15Si.2ClH.Zr/c2*1-2-13-11-15-9-6-10-16(17(15)12-13)14-7-4-3-5-8-14;1-9-8-5-6-2-3-7(8)4-6;;;/h2*3-12H,2H2,1H3;6-9H,2-5H2,1H3;2*1H;/q;;;;;+2/p-2. The number of hydrogen-bond acceptors (Lipinski definition) is 0. The first-order valence-corrected chi connectivity index (χ1v) is 33.5. The molecule has 8 rings (SSSR count). The Morgan fingerprint density at radius 1 is 0.630 bits per heavy atom. The van der Waals surface area contributed by atoms with Crippen LogP contribution in [0.5, 0.6) is 0 Å². The van der Waals surface area contributed by atoms with E-state index >= 15 is 0 Å². The van der Waals surface area contributed by atoms with Gasteiger partial charge >= 0.3 is 287 Å². The number of halogens is 2. The van der Waals surface area contributed by atoms with Crippen LogP contribution in [0.2, 0.25) is 12.1 Å². The number of fused-ring (bicyclic) bond motifs is 4. The molecule has 0 aliphatic heterocycles. The van der Waals surface area contributed by atoms with Crippen molar-refractivity contribution in [1.29, 1.82) is 0 Å². The van der Waals surface area contributed by atoms with E-state index in [1.165, 1.54) is 81.3 Å². The van der Waals surface area contributed by atoms with Crippen LogP contribution in [0.4, 0.5) is 0 Å². The van der Waals surface area contributed by atoms with Gasteiger partial charge in [-0.2, -0.15) is 0 Å². The van der Waals surface area contributed by atoms with Gasteiger partial charge in [-0.25, -0.2) is 0 Å². The number of rotatable bonds is 8. The van der Waals surface area contributed by atoms with Gasteiger partial charge in [0.2, 0.25) is 0 Å². The van der Waals surface area contributed by atoms with Crippen LogP contribution in [0.25, 0.3) is 34.4 Å². The normalized spacial score (nSPS) is 26.2. The third kappa shape index (κ3) is 4.68. The first-order valence-electron chi connectivity index (χ1n) is 17.7. The minimum atomic E-state index is -4.93. The molecule has 2 saturated carbocycles. The molecule has 4 aliphatic rings. The number of benzene rings is 4. The summed E-state index contributed by atoms with van der Waals surface area (Å²) in [7, 11) is 18.1. The molecule has 6 atom stereocenters. The zero-order valence-electron chi connectivity index (χ0n) is 27.4. The Morgan fingerprint density at radius 3 is 1.54 bits per heavy atom. The number of allylic oxidation sites excluding steroid dienone is 2. The van der Waals surface area contributed by atoms with E-state index in [0.717, 1.165) is 30.2 Å². The number of hydrogen-bond donors (Lipinski definition) is 0. The Kier molecular flexibility index (Phi) is 8.08. The van der Waals surface area contributed by atoms with Gasteiger partial charge < -0.3 is 0 Å². The average molecular weight is 740 g/mol. The first kappa shape index (κ1) is 31.3. The predicted molar refractivity (Wildman–Crippen MR) is 200 cm³/mol. The SMILES string of the molecule is CCC1=Cc2c(-c3ccccc3)cccc2[CH]1[Zr]([Cl])([Cl])([CH]1C(CC)=Cc2c(-c3ccccc3)cccc21)[SiH](C)C1CC2CCC1C2. The van der Waals surface area contributed by atoms with E-state index in [4.69, 9.17) is 17.0 Å². The molecule has 2 fully saturated rings. The van der Waals surface area contributed by atoms with Gasteiger partial charge in [-0.15, -0.1) is 0 Å². The molecule has 0 heterocycles. The molecule has 4 heteroatoms. The average Bonchev–Trinajstić information content (AvgIpc) is 3.90. The second-order valence-electron chi connectivity index (χ2n) is 14.7. The second-order valence-corrected chi connectivity index (χ2v) is 55.5. The molecule has 4 aromatic rings. The van der Waals surface area contributed by atoms with E-state index in [0.29, 0.717) is 0 Å². The molecule has 46 heavy (non-hydrogen) atoms. The maximum atomic E-state index is 9.03. The molecule has 2 bridgehead atoms. The van der Waals surface area contributed by atoms with Crippen LogP contribution >= 0.6 is 17.0 Å². The van der Waals surface area contributed by atoms with Crippen molar-refractivity contribution in [3.8, 4) is 22.3 Å². The van der Waals surface area contributed by atoms with Crippen molar-refractivity contribution in [2.24, 2.45) is 11.8 Å². The quantitative estimate of drug-likeness (QED) is 0.158. The summed E-state index contributed by atoms with van der Waals surface area (Å²) in [5.41, 5.74) is 14.5. The van der Waals surface area contributed by atoms with Crippen LogP contribution in [0, 0.1) is 11.8 Å². The van der Waals surface area contributed by atoms with Gasteiger partial charge in [0.1, 0.15) is 0 Å². The first-order chi connectivity index (χ1) is 22.3. The molecule has 0 N–H and O–H groups in total. The van der Waals surface area contributed by atoms with Crippen LogP contribution in [0.1, 0.15) is 81.9 Å². The fraction of sp³-hybridized carbons (Fsp3) is 0.333. The van der Waals surface area contributed by atoms with Crippen LogP contribution in [-0.4, -0.2) is 5.92 Å². The summed E-state index contributed by atoms with van der Waals surface area (Å²) in [6.45, 7) is 7.34. The predicted octanol–water partition coefficient (Wildman–Crippen LogP) is 13.0. The van der Waals surface area contributed by atoms with E-state index in [2.05, 4.69) is 130 Å². The Labute approximate surface area is 284 Å². The Bertz CT molecular complexity index is 1740. The zero-order valence-corrected chi connectivity index (χ0v) is 32.5. The summed E-state index contributed by atoms with van der Waals surface area (Å²) in [4.78, 5) is 0. The fourth-order valence-electron chi connectivity index (χ4n) is 10.6. The van der Waals surface area contributed by atoms with Crippen molar-refractivity contribution in [3.05, 3.63) is 130 Å². The van der Waals surface area contributed by atoms with Crippen molar-refractivity contribution in [1.82, 2.24) is 0 Å². The van der Waals surface area contributed by atoms with Crippen molar-refractivity contribution in [3.63, 3.8) is 0 Å². The van der Waals surface area contributed by atoms with Gasteiger partial charge in [-0.05, 0) is 0 Å².